The summed E-state index contributed by atoms with van der Waals surface area (Å²) in [5.41, 5.74) is 1.35. The second-order valence-electron chi connectivity index (χ2n) is 8.33. The maximum absolute atomic E-state index is 13.0. The summed E-state index contributed by atoms with van der Waals surface area (Å²) in [6.07, 6.45) is 6.01. The molecule has 0 saturated carbocycles. The Bertz CT molecular complexity index is 1260. The Hall–Kier alpha value is -2.86. The number of nitrogens with zero attached hydrogens (tertiary/aromatic N) is 5. The lowest BCUT2D eigenvalue weighted by atomic mass is 10.2. The number of aromatic nitrogens is 4. The number of carbonyl (C=O) groups is 1. The first kappa shape index (κ1) is 24.3. The monoisotopic (exact) mass is 494 g/mol. The van der Waals surface area contributed by atoms with Crippen LogP contribution < -0.4 is 5.32 Å². The summed E-state index contributed by atoms with van der Waals surface area (Å²) in [4.78, 5) is 20.9. The number of aryl methyl sites for hydroxylation is 2. The fraction of sp³-hybridized carbons (Fsp3) is 0.500. The molecule has 1 N–H and O–H groups in total. The minimum absolute atomic E-state index is 0.166. The van der Waals surface area contributed by atoms with Crippen molar-refractivity contribution in [3.8, 4) is 0 Å². The summed E-state index contributed by atoms with van der Waals surface area (Å²) in [6, 6.07) is 4.94. The minimum atomic E-state index is -3.55. The molecule has 184 valence electrons. The number of halogens is 2. The molecule has 1 aromatic carbocycles. The molecule has 1 aliphatic rings. The molecule has 2 aromatic heterocycles. The van der Waals surface area contributed by atoms with Crippen molar-refractivity contribution in [1.82, 2.24) is 28.7 Å². The summed E-state index contributed by atoms with van der Waals surface area (Å²) in [5.74, 6) is 0.641. The summed E-state index contributed by atoms with van der Waals surface area (Å²) < 4.78 is 55.8. The van der Waals surface area contributed by atoms with Gasteiger partial charge in [0.15, 0.2) is 0 Å². The number of piperidine rings is 1. The first-order valence-electron chi connectivity index (χ1n) is 11.3. The van der Waals surface area contributed by atoms with Gasteiger partial charge in [-0.2, -0.15) is 13.1 Å². The van der Waals surface area contributed by atoms with Gasteiger partial charge in [0.1, 0.15) is 11.6 Å². The van der Waals surface area contributed by atoms with Crippen molar-refractivity contribution in [2.75, 3.05) is 19.6 Å². The van der Waals surface area contributed by atoms with E-state index in [1.165, 1.54) is 16.7 Å². The van der Waals surface area contributed by atoms with Crippen LogP contribution in [0.2, 0.25) is 0 Å². The van der Waals surface area contributed by atoms with Crippen LogP contribution in [0, 0.1) is 0 Å². The fourth-order valence-electron chi connectivity index (χ4n) is 4.21. The molecule has 12 heteroatoms. The summed E-state index contributed by atoms with van der Waals surface area (Å²) in [7, 11) is -1.73. The van der Waals surface area contributed by atoms with Gasteiger partial charge in [0.25, 0.3) is 0 Å². The van der Waals surface area contributed by atoms with Crippen molar-refractivity contribution in [2.45, 2.75) is 50.0 Å². The summed E-state index contributed by atoms with van der Waals surface area (Å²) in [5, 5.41) is 2.72. The molecular formula is C22H28F2N6O3S. The molecular weight excluding hydrogens is 466 g/mol. The van der Waals surface area contributed by atoms with Gasteiger partial charge in [-0.3, -0.25) is 9.36 Å². The molecule has 1 aliphatic heterocycles. The Morgan fingerprint density at radius 1 is 1.15 bits per heavy atom. The quantitative estimate of drug-likeness (QED) is 0.493. The van der Waals surface area contributed by atoms with Gasteiger partial charge in [-0.25, -0.2) is 18.4 Å². The van der Waals surface area contributed by atoms with Gasteiger partial charge in [-0.1, -0.05) is 6.42 Å². The lowest BCUT2D eigenvalue weighted by Crippen LogP contribution is -2.35. The summed E-state index contributed by atoms with van der Waals surface area (Å²) >= 11 is 0. The van der Waals surface area contributed by atoms with Crippen LogP contribution in [0.5, 0.6) is 0 Å². The van der Waals surface area contributed by atoms with Gasteiger partial charge in [0, 0.05) is 58.3 Å². The van der Waals surface area contributed by atoms with Crippen molar-refractivity contribution < 1.29 is 22.0 Å². The Morgan fingerprint density at radius 3 is 2.65 bits per heavy atom. The maximum atomic E-state index is 13.0. The lowest BCUT2D eigenvalue weighted by Gasteiger charge is -2.25. The van der Waals surface area contributed by atoms with Crippen molar-refractivity contribution in [3.05, 3.63) is 42.2 Å². The molecule has 4 rings (SSSR count). The lowest BCUT2D eigenvalue weighted by molar-refractivity contribution is -0.121. The largest absolute Gasteiger partial charge is 0.356 e. The van der Waals surface area contributed by atoms with Gasteiger partial charge in [-0.15, -0.1) is 0 Å². The highest BCUT2D eigenvalue weighted by atomic mass is 32.2. The predicted octanol–water partition coefficient (Wildman–Crippen LogP) is 2.63. The van der Waals surface area contributed by atoms with Crippen LogP contribution in [-0.2, 0) is 34.7 Å². The van der Waals surface area contributed by atoms with E-state index in [0.717, 1.165) is 29.3 Å². The van der Waals surface area contributed by atoms with E-state index >= 15 is 0 Å². The van der Waals surface area contributed by atoms with Crippen molar-refractivity contribution in [3.63, 3.8) is 0 Å². The van der Waals surface area contributed by atoms with Crippen LogP contribution in [0.3, 0.4) is 0 Å². The van der Waals surface area contributed by atoms with Gasteiger partial charge in [0.05, 0.1) is 15.9 Å². The van der Waals surface area contributed by atoms with Crippen LogP contribution in [0.4, 0.5) is 8.78 Å². The van der Waals surface area contributed by atoms with Crippen LogP contribution >= 0.6 is 0 Å². The molecule has 34 heavy (non-hydrogen) atoms. The highest BCUT2D eigenvalue weighted by Gasteiger charge is 2.26. The second-order valence-corrected chi connectivity index (χ2v) is 10.3. The zero-order valence-corrected chi connectivity index (χ0v) is 19.8. The number of amides is 1. The van der Waals surface area contributed by atoms with Gasteiger partial charge >= 0.3 is 6.55 Å². The van der Waals surface area contributed by atoms with E-state index in [1.54, 1.807) is 18.2 Å². The number of rotatable bonds is 9. The van der Waals surface area contributed by atoms with E-state index in [9.17, 15) is 22.0 Å². The Labute approximate surface area is 196 Å². The number of imidazole rings is 2. The molecule has 0 spiro atoms. The Kier molecular flexibility index (Phi) is 7.27. The normalized spacial score (nSPS) is 15.3. The number of benzene rings is 1. The third-order valence-corrected chi connectivity index (χ3v) is 8.00. The zero-order valence-electron chi connectivity index (χ0n) is 19.0. The number of sulfonamides is 1. The Morgan fingerprint density at radius 2 is 1.91 bits per heavy atom. The number of alkyl halides is 2. The number of carbonyl (C=O) groups excluding carboxylic acids is 1. The topological polar surface area (TPSA) is 102 Å². The third kappa shape index (κ3) is 5.12. The van der Waals surface area contributed by atoms with E-state index in [4.69, 9.17) is 0 Å². The van der Waals surface area contributed by atoms with Gasteiger partial charge in [0.2, 0.25) is 15.9 Å². The van der Waals surface area contributed by atoms with Gasteiger partial charge in [-0.05, 0) is 31.0 Å². The number of hydrogen-bond donors (Lipinski definition) is 1. The van der Waals surface area contributed by atoms with Crippen LogP contribution in [0.25, 0.3) is 11.0 Å². The number of fused-ring (bicyclic) bond motifs is 1. The zero-order chi connectivity index (χ0) is 24.3. The first-order chi connectivity index (χ1) is 16.3. The second kappa shape index (κ2) is 10.2. The molecule has 0 bridgehead atoms. The van der Waals surface area contributed by atoms with Crippen LogP contribution in [0.1, 0.15) is 43.9 Å². The highest BCUT2D eigenvalue weighted by Crippen LogP contribution is 2.25. The van der Waals surface area contributed by atoms with Crippen molar-refractivity contribution in [2.24, 2.45) is 7.05 Å². The maximum Gasteiger partial charge on any atom is 0.319 e. The highest BCUT2D eigenvalue weighted by molar-refractivity contribution is 7.89. The standard InChI is InChI=1S/C22H28F2N6O3S/c1-28-18-6-5-16(34(32,33)29-12-3-2-4-13-29)15-17(18)27-20(28)7-8-21(31)26-10-9-19-25-11-14-30(19)22(23)24/h5-6,11,14-15,22H,2-4,7-10,12-13H2,1H3,(H,26,31). The van der Waals surface area contributed by atoms with Gasteiger partial charge < -0.3 is 9.88 Å². The molecule has 3 heterocycles. The van der Waals surface area contributed by atoms with Crippen molar-refractivity contribution >= 4 is 27.0 Å². The molecule has 3 aromatic rings. The molecule has 1 saturated heterocycles. The van der Waals surface area contributed by atoms with Crippen molar-refractivity contribution in [1.29, 1.82) is 0 Å². The smallest absolute Gasteiger partial charge is 0.319 e. The molecule has 1 fully saturated rings. The Balaban J connectivity index is 1.37. The van der Waals surface area contributed by atoms with E-state index in [-0.39, 0.29) is 36.0 Å². The number of hydrogen-bond acceptors (Lipinski definition) is 5. The fourth-order valence-corrected chi connectivity index (χ4v) is 5.75. The van der Waals surface area contributed by atoms with E-state index in [0.29, 0.717) is 30.9 Å². The van der Waals surface area contributed by atoms with Crippen LogP contribution in [-0.4, -0.2) is 57.4 Å². The predicted molar refractivity (Wildman–Crippen MR) is 122 cm³/mol. The van der Waals surface area contributed by atoms with Crippen LogP contribution in [0.15, 0.2) is 35.5 Å². The summed E-state index contributed by atoms with van der Waals surface area (Å²) in [6.45, 7) is -1.40. The van der Waals surface area contributed by atoms with E-state index < -0.39 is 16.6 Å². The molecule has 0 atom stereocenters. The van der Waals surface area contributed by atoms with E-state index in [1.807, 2.05) is 11.6 Å². The SMILES string of the molecule is Cn1c(CCC(=O)NCCc2nccn2C(F)F)nc2cc(S(=O)(=O)N3CCCCC3)ccc21. The average molecular weight is 495 g/mol. The molecule has 0 unspecified atom stereocenters. The molecule has 0 aliphatic carbocycles. The number of nitrogens with one attached hydrogen (secondary N) is 1. The molecule has 1 amide bonds. The third-order valence-electron chi connectivity index (χ3n) is 6.10. The molecule has 9 nitrogen and oxygen atoms in total. The first-order valence-corrected chi connectivity index (χ1v) is 12.7. The van der Waals surface area contributed by atoms with E-state index in [2.05, 4.69) is 15.3 Å². The molecule has 0 radical (unpaired) electrons. The average Bonchev–Trinajstić information content (AvgIpc) is 3.42. The minimum Gasteiger partial charge on any atom is -0.356 e.